The minimum Gasteiger partial charge on any atom is -0.396 e. The smallest absolute Gasteiger partial charge is 0.0955 e. The fourth-order valence-electron chi connectivity index (χ4n) is 3.32. The van der Waals surface area contributed by atoms with E-state index in [2.05, 4.69) is 28.2 Å². The van der Waals surface area contributed by atoms with Crippen LogP contribution in [0.3, 0.4) is 0 Å². The normalized spacial score (nSPS) is 29.3. The number of hydrogen-bond acceptors (Lipinski definition) is 4. The van der Waals surface area contributed by atoms with E-state index < -0.39 is 12.2 Å². The Bertz CT molecular complexity index is 625. The van der Waals surface area contributed by atoms with Crippen molar-refractivity contribution in [3.8, 4) is 0 Å². The van der Waals surface area contributed by atoms with Crippen LogP contribution in [0.5, 0.6) is 0 Å². The van der Waals surface area contributed by atoms with Crippen molar-refractivity contribution in [3.63, 3.8) is 0 Å². The summed E-state index contributed by atoms with van der Waals surface area (Å²) in [4.78, 5) is 0. The van der Waals surface area contributed by atoms with E-state index in [9.17, 15) is 15.3 Å². The monoisotopic (exact) mass is 290 g/mol. The average molecular weight is 290 g/mol. The maximum atomic E-state index is 10.0. The largest absolute Gasteiger partial charge is 0.396 e. The number of hydrogen-bond donors (Lipinski definition) is 4. The summed E-state index contributed by atoms with van der Waals surface area (Å²) in [7, 11) is 2.02. The molecular formula is C16H22N2O3. The number of aromatic nitrogens is 1. The fourth-order valence-corrected chi connectivity index (χ4v) is 3.32. The van der Waals surface area contributed by atoms with E-state index in [1.165, 1.54) is 16.5 Å². The summed E-state index contributed by atoms with van der Waals surface area (Å²) in [6.07, 6.45) is 1.000. The van der Waals surface area contributed by atoms with Crippen LogP contribution >= 0.6 is 0 Å². The lowest BCUT2D eigenvalue weighted by Gasteiger charge is -2.17. The van der Waals surface area contributed by atoms with Gasteiger partial charge in [0.1, 0.15) is 0 Å². The Labute approximate surface area is 123 Å². The Morgan fingerprint density at radius 3 is 2.71 bits per heavy atom. The van der Waals surface area contributed by atoms with Gasteiger partial charge in [0.15, 0.2) is 0 Å². The molecule has 1 aliphatic carbocycles. The molecule has 4 N–H and O–H groups in total. The van der Waals surface area contributed by atoms with Gasteiger partial charge in [-0.1, -0.05) is 18.2 Å². The number of para-hydroxylation sites is 1. The van der Waals surface area contributed by atoms with Crippen LogP contribution in [0, 0.1) is 5.92 Å². The van der Waals surface area contributed by atoms with Crippen LogP contribution in [0.4, 0.5) is 0 Å². The van der Waals surface area contributed by atoms with Gasteiger partial charge in [-0.25, -0.2) is 0 Å². The first-order chi connectivity index (χ1) is 10.1. The number of rotatable bonds is 4. The lowest BCUT2D eigenvalue weighted by Crippen LogP contribution is -2.39. The zero-order valence-electron chi connectivity index (χ0n) is 12.1. The van der Waals surface area contributed by atoms with Gasteiger partial charge in [0.05, 0.1) is 12.2 Å². The maximum absolute atomic E-state index is 10.0. The molecule has 1 heterocycles. The second-order valence-corrected chi connectivity index (χ2v) is 5.93. The molecular weight excluding hydrogens is 268 g/mol. The Balaban J connectivity index is 1.73. The molecule has 0 radical (unpaired) electrons. The summed E-state index contributed by atoms with van der Waals surface area (Å²) in [5, 5.41) is 33.6. The van der Waals surface area contributed by atoms with Gasteiger partial charge in [0.25, 0.3) is 0 Å². The molecule has 5 heteroatoms. The summed E-state index contributed by atoms with van der Waals surface area (Å²) in [5.74, 6) is -0.245. The van der Waals surface area contributed by atoms with Crippen molar-refractivity contribution in [2.75, 3.05) is 6.61 Å². The minimum atomic E-state index is -0.847. The number of aryl methyl sites for hydroxylation is 1. The van der Waals surface area contributed by atoms with Crippen molar-refractivity contribution in [3.05, 3.63) is 36.0 Å². The lowest BCUT2D eigenvalue weighted by molar-refractivity contribution is -0.000329. The molecule has 114 valence electrons. The predicted octanol–water partition coefficient (Wildman–Crippen LogP) is 0.371. The number of aliphatic hydroxyl groups is 3. The lowest BCUT2D eigenvalue weighted by atomic mass is 10.1. The summed E-state index contributed by atoms with van der Waals surface area (Å²) in [6.45, 7) is 0.540. The Morgan fingerprint density at radius 1 is 1.24 bits per heavy atom. The molecule has 0 saturated heterocycles. The van der Waals surface area contributed by atoms with E-state index in [1.807, 2.05) is 19.2 Å². The van der Waals surface area contributed by atoms with Gasteiger partial charge in [-0.2, -0.15) is 0 Å². The molecule has 1 aromatic heterocycles. The third-order valence-electron chi connectivity index (χ3n) is 4.57. The molecule has 0 aliphatic heterocycles. The van der Waals surface area contributed by atoms with Gasteiger partial charge in [0, 0.05) is 49.3 Å². The summed E-state index contributed by atoms with van der Waals surface area (Å²) < 4.78 is 2.09. The van der Waals surface area contributed by atoms with Crippen molar-refractivity contribution in [2.45, 2.75) is 31.2 Å². The van der Waals surface area contributed by atoms with E-state index >= 15 is 0 Å². The summed E-state index contributed by atoms with van der Waals surface area (Å²) >= 11 is 0. The third-order valence-corrected chi connectivity index (χ3v) is 4.57. The zero-order valence-corrected chi connectivity index (χ0v) is 12.1. The molecule has 1 aromatic carbocycles. The number of benzene rings is 1. The summed E-state index contributed by atoms with van der Waals surface area (Å²) in [6, 6.07) is 8.01. The first kappa shape index (κ1) is 14.5. The second kappa shape index (κ2) is 5.77. The molecule has 0 bridgehead atoms. The molecule has 2 aromatic rings. The molecule has 1 fully saturated rings. The highest BCUT2D eigenvalue weighted by Gasteiger charge is 2.40. The Morgan fingerprint density at radius 2 is 2.00 bits per heavy atom. The highest BCUT2D eigenvalue weighted by atomic mass is 16.3. The standard InChI is InChI=1S/C16H22N2O3/c1-18-8-11(12-4-2-3-5-14(12)18)7-17-13-6-10(9-19)15(20)16(13)21/h2-5,8,10,13,15-17,19-21H,6-7,9H2,1H3/t10-,13-,15-,16+/m1/s1. The van der Waals surface area contributed by atoms with Gasteiger partial charge in [-0.15, -0.1) is 0 Å². The van der Waals surface area contributed by atoms with Crippen LogP contribution in [0.15, 0.2) is 30.5 Å². The van der Waals surface area contributed by atoms with Crippen molar-refractivity contribution >= 4 is 10.9 Å². The SMILES string of the molecule is Cn1cc(CN[C@@H]2C[C@H](CO)[C@@H](O)[C@H]2O)c2ccccc21. The number of nitrogens with zero attached hydrogens (tertiary/aromatic N) is 1. The maximum Gasteiger partial charge on any atom is 0.0955 e. The van der Waals surface area contributed by atoms with Crippen molar-refractivity contribution in [1.29, 1.82) is 0 Å². The van der Waals surface area contributed by atoms with E-state index in [0.717, 1.165) is 0 Å². The van der Waals surface area contributed by atoms with Gasteiger partial charge >= 0.3 is 0 Å². The van der Waals surface area contributed by atoms with E-state index in [-0.39, 0.29) is 18.6 Å². The third kappa shape index (κ3) is 2.58. The molecule has 0 unspecified atom stereocenters. The van der Waals surface area contributed by atoms with Crippen molar-refractivity contribution in [2.24, 2.45) is 13.0 Å². The first-order valence-corrected chi connectivity index (χ1v) is 7.35. The zero-order chi connectivity index (χ0) is 15.0. The topological polar surface area (TPSA) is 77.7 Å². The fraction of sp³-hybridized carbons (Fsp3) is 0.500. The molecule has 1 aliphatic rings. The molecule has 1 saturated carbocycles. The molecule has 0 amide bonds. The number of aliphatic hydroxyl groups excluding tert-OH is 3. The highest BCUT2D eigenvalue weighted by molar-refractivity contribution is 5.83. The molecule has 5 nitrogen and oxygen atoms in total. The van der Waals surface area contributed by atoms with Crippen LogP contribution in [0.25, 0.3) is 10.9 Å². The van der Waals surface area contributed by atoms with Gasteiger partial charge < -0.3 is 25.2 Å². The van der Waals surface area contributed by atoms with E-state index in [1.54, 1.807) is 0 Å². The second-order valence-electron chi connectivity index (χ2n) is 5.93. The van der Waals surface area contributed by atoms with Crippen LogP contribution in [-0.2, 0) is 13.6 Å². The first-order valence-electron chi connectivity index (χ1n) is 7.35. The van der Waals surface area contributed by atoms with E-state index in [4.69, 9.17) is 0 Å². The number of fused-ring (bicyclic) bond motifs is 1. The van der Waals surface area contributed by atoms with Crippen LogP contribution in [0.1, 0.15) is 12.0 Å². The number of nitrogens with one attached hydrogen (secondary N) is 1. The van der Waals surface area contributed by atoms with E-state index in [0.29, 0.717) is 13.0 Å². The van der Waals surface area contributed by atoms with Gasteiger partial charge in [-0.05, 0) is 18.1 Å². The quantitative estimate of drug-likeness (QED) is 0.656. The predicted molar refractivity (Wildman–Crippen MR) is 80.8 cm³/mol. The van der Waals surface area contributed by atoms with Crippen molar-refractivity contribution < 1.29 is 15.3 Å². The Hall–Kier alpha value is -1.40. The minimum absolute atomic E-state index is 0.0926. The van der Waals surface area contributed by atoms with Crippen LogP contribution in [-0.4, -0.2) is 44.7 Å². The van der Waals surface area contributed by atoms with Crippen LogP contribution < -0.4 is 5.32 Å². The van der Waals surface area contributed by atoms with Crippen LogP contribution in [0.2, 0.25) is 0 Å². The molecule has 21 heavy (non-hydrogen) atoms. The average Bonchev–Trinajstić information content (AvgIpc) is 2.97. The molecule has 4 atom stereocenters. The van der Waals surface area contributed by atoms with Crippen molar-refractivity contribution in [1.82, 2.24) is 9.88 Å². The summed E-state index contributed by atoms with van der Waals surface area (Å²) in [5.41, 5.74) is 2.34. The van der Waals surface area contributed by atoms with Gasteiger partial charge in [0.2, 0.25) is 0 Å². The molecule has 0 spiro atoms. The van der Waals surface area contributed by atoms with Gasteiger partial charge in [-0.3, -0.25) is 0 Å². The Kier molecular flexibility index (Phi) is 3.99. The molecule has 3 rings (SSSR count). The highest BCUT2D eigenvalue weighted by Crippen LogP contribution is 2.27.